The molecule has 0 radical (unpaired) electrons. The largest absolute Gasteiger partial charge is 0.480 e. The highest BCUT2D eigenvalue weighted by atomic mass is 16.6. The minimum absolute atomic E-state index is 0.0845. The van der Waals surface area contributed by atoms with Crippen LogP contribution in [0.4, 0.5) is 10.5 Å². The number of nitrogens with two attached hydrogens (primary N) is 1. The monoisotopic (exact) mass is 297 g/mol. The molecule has 0 spiro atoms. The summed E-state index contributed by atoms with van der Waals surface area (Å²) >= 11 is 0. The number of carbonyl (C=O) groups is 2. The molecule has 9 nitrogen and oxygen atoms in total. The van der Waals surface area contributed by atoms with Crippen molar-refractivity contribution in [2.45, 2.75) is 12.5 Å². The highest BCUT2D eigenvalue weighted by Gasteiger charge is 2.16. The van der Waals surface area contributed by atoms with Crippen LogP contribution in [0.5, 0.6) is 5.75 Å². The molecule has 0 unspecified atom stereocenters. The number of carboxylic acids is 1. The molecule has 0 aliphatic heterocycles. The van der Waals surface area contributed by atoms with Gasteiger partial charge in [-0.05, 0) is 18.6 Å². The number of nitro benzene ring substituents is 1. The molecule has 1 amide bonds. The van der Waals surface area contributed by atoms with Crippen LogP contribution in [0.3, 0.4) is 0 Å². The number of carboxylic acid groups (broad SMARTS) is 1. The van der Waals surface area contributed by atoms with E-state index in [0.29, 0.717) is 0 Å². The summed E-state index contributed by atoms with van der Waals surface area (Å²) in [7, 11) is 1.43. The van der Waals surface area contributed by atoms with E-state index in [1.165, 1.54) is 36.2 Å². The second-order valence-corrected chi connectivity index (χ2v) is 4.27. The van der Waals surface area contributed by atoms with Gasteiger partial charge in [0.05, 0.1) is 4.92 Å². The van der Waals surface area contributed by atoms with Gasteiger partial charge in [-0.2, -0.15) is 0 Å². The lowest BCUT2D eigenvalue weighted by Gasteiger charge is -2.17. The first-order chi connectivity index (χ1) is 9.81. The summed E-state index contributed by atoms with van der Waals surface area (Å²) in [5, 5.41) is 19.1. The third kappa shape index (κ3) is 5.07. The topological polar surface area (TPSA) is 136 Å². The number of non-ortho nitro benzene ring substituents is 1. The third-order valence-corrected chi connectivity index (χ3v) is 2.66. The lowest BCUT2D eigenvalue weighted by molar-refractivity contribution is -0.384. The van der Waals surface area contributed by atoms with E-state index in [1.54, 1.807) is 0 Å². The number of nitro groups is 1. The van der Waals surface area contributed by atoms with Crippen LogP contribution in [-0.2, 0) is 4.79 Å². The molecule has 0 saturated carbocycles. The molecular formula is C12H15N3O6. The number of amides is 1. The molecule has 0 saturated heterocycles. The molecule has 1 rings (SSSR count). The van der Waals surface area contributed by atoms with E-state index in [4.69, 9.17) is 15.6 Å². The smallest absolute Gasteiger partial charge is 0.414 e. The Balaban J connectivity index is 2.52. The Bertz CT molecular complexity index is 530. The van der Waals surface area contributed by atoms with E-state index in [1.807, 2.05) is 0 Å². The van der Waals surface area contributed by atoms with Gasteiger partial charge in [-0.25, -0.2) is 4.79 Å². The maximum absolute atomic E-state index is 11.7. The molecule has 0 aliphatic carbocycles. The zero-order valence-corrected chi connectivity index (χ0v) is 11.3. The Kier molecular flexibility index (Phi) is 5.61. The maximum atomic E-state index is 11.7. The fraction of sp³-hybridized carbons (Fsp3) is 0.333. The number of carbonyl (C=O) groups excluding carboxylic acids is 1. The normalized spacial score (nSPS) is 11.5. The van der Waals surface area contributed by atoms with Crippen molar-refractivity contribution in [3.63, 3.8) is 0 Å². The molecule has 0 bridgehead atoms. The predicted molar refractivity (Wildman–Crippen MR) is 72.0 cm³/mol. The molecule has 0 aliphatic rings. The van der Waals surface area contributed by atoms with Crippen molar-refractivity contribution in [2.24, 2.45) is 5.73 Å². The fourth-order valence-corrected chi connectivity index (χ4v) is 1.36. The summed E-state index contributed by atoms with van der Waals surface area (Å²) in [6, 6.07) is 3.96. The Morgan fingerprint density at radius 2 is 2.00 bits per heavy atom. The Labute approximate surface area is 120 Å². The molecule has 1 aromatic rings. The van der Waals surface area contributed by atoms with Gasteiger partial charge in [-0.1, -0.05) is 0 Å². The highest BCUT2D eigenvalue weighted by Crippen LogP contribution is 2.17. The summed E-state index contributed by atoms with van der Waals surface area (Å²) in [6.45, 7) is 0.110. The lowest BCUT2D eigenvalue weighted by atomic mass is 10.2. The molecule has 21 heavy (non-hydrogen) atoms. The number of hydrogen-bond donors (Lipinski definition) is 2. The van der Waals surface area contributed by atoms with E-state index >= 15 is 0 Å². The Morgan fingerprint density at radius 1 is 1.43 bits per heavy atom. The molecular weight excluding hydrogens is 282 g/mol. The van der Waals surface area contributed by atoms with E-state index in [9.17, 15) is 19.7 Å². The first-order valence-corrected chi connectivity index (χ1v) is 5.97. The quantitative estimate of drug-likeness (QED) is 0.586. The van der Waals surface area contributed by atoms with E-state index in [-0.39, 0.29) is 24.4 Å². The second kappa shape index (κ2) is 7.20. The molecule has 114 valence electrons. The van der Waals surface area contributed by atoms with Crippen LogP contribution in [0.25, 0.3) is 0 Å². The van der Waals surface area contributed by atoms with Crippen LogP contribution in [0.2, 0.25) is 0 Å². The molecule has 1 atom stereocenters. The molecule has 3 N–H and O–H groups in total. The summed E-state index contributed by atoms with van der Waals surface area (Å²) in [5.41, 5.74) is 5.21. The Hall–Kier alpha value is -2.68. The first-order valence-electron chi connectivity index (χ1n) is 5.97. The Morgan fingerprint density at radius 3 is 2.48 bits per heavy atom. The maximum Gasteiger partial charge on any atom is 0.414 e. The SMILES string of the molecule is CN(CC[C@H](N)C(=O)O)C(=O)Oc1ccc([N+](=O)[O-])cc1. The molecule has 0 fully saturated rings. The van der Waals surface area contributed by atoms with Crippen molar-refractivity contribution < 1.29 is 24.4 Å². The second-order valence-electron chi connectivity index (χ2n) is 4.27. The van der Waals surface area contributed by atoms with Gasteiger partial charge in [0, 0.05) is 25.7 Å². The number of benzene rings is 1. The van der Waals surface area contributed by atoms with Gasteiger partial charge in [0.25, 0.3) is 5.69 Å². The van der Waals surface area contributed by atoms with Crippen LogP contribution < -0.4 is 10.5 Å². The van der Waals surface area contributed by atoms with Gasteiger partial charge in [-0.15, -0.1) is 0 Å². The summed E-state index contributed by atoms with van der Waals surface area (Å²) in [4.78, 5) is 33.3. The number of rotatable bonds is 6. The van der Waals surface area contributed by atoms with Gasteiger partial charge in [0.15, 0.2) is 0 Å². The summed E-state index contributed by atoms with van der Waals surface area (Å²) in [5.74, 6) is -0.993. The van der Waals surface area contributed by atoms with Crippen LogP contribution in [0.15, 0.2) is 24.3 Å². The van der Waals surface area contributed by atoms with Crippen molar-refractivity contribution in [3.8, 4) is 5.75 Å². The minimum Gasteiger partial charge on any atom is -0.480 e. The zero-order valence-electron chi connectivity index (χ0n) is 11.3. The number of nitrogens with zero attached hydrogens (tertiary/aromatic N) is 2. The van der Waals surface area contributed by atoms with E-state index < -0.39 is 23.0 Å². The predicted octanol–water partition coefficient (Wildman–Crippen LogP) is 0.827. The van der Waals surface area contributed by atoms with Crippen molar-refractivity contribution in [2.75, 3.05) is 13.6 Å². The average molecular weight is 297 g/mol. The zero-order chi connectivity index (χ0) is 16.0. The third-order valence-electron chi connectivity index (χ3n) is 2.66. The van der Waals surface area contributed by atoms with E-state index in [0.717, 1.165) is 0 Å². The molecule has 9 heteroatoms. The van der Waals surface area contributed by atoms with Crippen LogP contribution in [0, 0.1) is 10.1 Å². The van der Waals surface area contributed by atoms with Gasteiger partial charge in [0.2, 0.25) is 0 Å². The molecule has 0 heterocycles. The van der Waals surface area contributed by atoms with Crippen molar-refractivity contribution >= 4 is 17.7 Å². The van der Waals surface area contributed by atoms with Crippen molar-refractivity contribution in [1.29, 1.82) is 0 Å². The first kappa shape index (κ1) is 16.4. The molecule has 1 aromatic carbocycles. The van der Waals surface area contributed by atoms with Gasteiger partial charge >= 0.3 is 12.1 Å². The molecule has 0 aromatic heterocycles. The van der Waals surface area contributed by atoms with Gasteiger partial charge < -0.3 is 20.5 Å². The van der Waals surface area contributed by atoms with Crippen LogP contribution >= 0.6 is 0 Å². The highest BCUT2D eigenvalue weighted by molar-refractivity contribution is 5.73. The van der Waals surface area contributed by atoms with Gasteiger partial charge in [-0.3, -0.25) is 14.9 Å². The van der Waals surface area contributed by atoms with Crippen molar-refractivity contribution in [3.05, 3.63) is 34.4 Å². The fourth-order valence-electron chi connectivity index (χ4n) is 1.36. The summed E-state index contributed by atoms with van der Waals surface area (Å²) < 4.78 is 4.98. The average Bonchev–Trinajstić information content (AvgIpc) is 2.44. The number of aliphatic carboxylic acids is 1. The van der Waals surface area contributed by atoms with Crippen LogP contribution in [0.1, 0.15) is 6.42 Å². The number of ether oxygens (including phenoxy) is 1. The van der Waals surface area contributed by atoms with Crippen LogP contribution in [-0.4, -0.2) is 46.6 Å². The lowest BCUT2D eigenvalue weighted by Crippen LogP contribution is -2.37. The number of hydrogen-bond acceptors (Lipinski definition) is 6. The van der Waals surface area contributed by atoms with Gasteiger partial charge in [0.1, 0.15) is 11.8 Å². The van der Waals surface area contributed by atoms with E-state index in [2.05, 4.69) is 0 Å². The minimum atomic E-state index is -1.15. The standard InChI is InChI=1S/C12H15N3O6/c1-14(7-6-10(13)11(16)17)12(18)21-9-4-2-8(3-5-9)15(19)20/h2-5,10H,6-7,13H2,1H3,(H,16,17)/t10-/m0/s1. The van der Waals surface area contributed by atoms with Crippen molar-refractivity contribution in [1.82, 2.24) is 4.90 Å². The summed E-state index contributed by atoms with van der Waals surface area (Å²) in [6.07, 6.45) is -0.622.